The standard InChI is InChI=1S/C20H21F3N4O2/c21-20(22,23)15-5-4-8-17(13-15)27-11-9-26(10-12-27)14-18(28)25-19(29)24-16-6-2-1-3-7-16/h1-8,13H,9-12,14H2,(H2,24,25,28,29)/p+1. The van der Waals surface area contributed by atoms with E-state index in [4.69, 9.17) is 0 Å². The fourth-order valence-electron chi connectivity index (χ4n) is 3.22. The zero-order chi connectivity index (χ0) is 20.9. The van der Waals surface area contributed by atoms with Crippen molar-refractivity contribution in [2.75, 3.05) is 42.9 Å². The molecule has 3 N–H and O–H groups in total. The zero-order valence-electron chi connectivity index (χ0n) is 15.6. The largest absolute Gasteiger partial charge is 0.416 e. The van der Waals surface area contributed by atoms with Gasteiger partial charge in [-0.05, 0) is 30.3 Å². The summed E-state index contributed by atoms with van der Waals surface area (Å²) in [5.74, 6) is -0.402. The maximum atomic E-state index is 12.9. The van der Waals surface area contributed by atoms with E-state index in [-0.39, 0.29) is 6.54 Å². The summed E-state index contributed by atoms with van der Waals surface area (Å²) in [6, 6.07) is 13.4. The van der Waals surface area contributed by atoms with Crippen molar-refractivity contribution < 1.29 is 27.7 Å². The smallest absolute Gasteiger partial charge is 0.360 e. The molecule has 9 heteroatoms. The molecule has 1 aliphatic rings. The van der Waals surface area contributed by atoms with E-state index < -0.39 is 23.7 Å². The molecule has 1 fully saturated rings. The van der Waals surface area contributed by atoms with E-state index in [0.29, 0.717) is 37.6 Å². The van der Waals surface area contributed by atoms with E-state index in [9.17, 15) is 22.8 Å². The van der Waals surface area contributed by atoms with Crippen LogP contribution in [0, 0.1) is 0 Å². The summed E-state index contributed by atoms with van der Waals surface area (Å²) in [5, 5.41) is 4.87. The molecule has 0 aliphatic carbocycles. The summed E-state index contributed by atoms with van der Waals surface area (Å²) in [6.45, 7) is 2.35. The first kappa shape index (κ1) is 20.7. The van der Waals surface area contributed by atoms with Crippen LogP contribution in [0.15, 0.2) is 54.6 Å². The highest BCUT2D eigenvalue weighted by Gasteiger charge is 2.31. The quantitative estimate of drug-likeness (QED) is 0.724. The molecular weight excluding hydrogens is 385 g/mol. The van der Waals surface area contributed by atoms with Crippen LogP contribution in [0.5, 0.6) is 0 Å². The maximum Gasteiger partial charge on any atom is 0.416 e. The highest BCUT2D eigenvalue weighted by Crippen LogP contribution is 2.31. The molecule has 0 unspecified atom stereocenters. The molecule has 0 saturated carbocycles. The van der Waals surface area contributed by atoms with Gasteiger partial charge in [0.25, 0.3) is 5.91 Å². The molecule has 154 valence electrons. The number of alkyl halides is 3. The molecule has 2 aromatic carbocycles. The lowest BCUT2D eigenvalue weighted by molar-refractivity contribution is -0.892. The van der Waals surface area contributed by atoms with Crippen LogP contribution >= 0.6 is 0 Å². The number of quaternary nitrogens is 1. The summed E-state index contributed by atoms with van der Waals surface area (Å²) in [7, 11) is 0. The summed E-state index contributed by atoms with van der Waals surface area (Å²) in [4.78, 5) is 26.8. The normalized spacial score (nSPS) is 15.1. The Morgan fingerprint density at radius 3 is 2.34 bits per heavy atom. The zero-order valence-corrected chi connectivity index (χ0v) is 15.6. The lowest BCUT2D eigenvalue weighted by Crippen LogP contribution is -3.16. The van der Waals surface area contributed by atoms with E-state index in [2.05, 4.69) is 10.6 Å². The molecule has 6 nitrogen and oxygen atoms in total. The number of benzene rings is 2. The number of rotatable bonds is 4. The number of urea groups is 1. The predicted octanol–water partition coefficient (Wildman–Crippen LogP) is 1.76. The topological polar surface area (TPSA) is 65.9 Å². The fraction of sp³-hybridized carbons (Fsp3) is 0.300. The second-order valence-corrected chi connectivity index (χ2v) is 6.83. The van der Waals surface area contributed by atoms with Gasteiger partial charge in [-0.1, -0.05) is 24.3 Å². The van der Waals surface area contributed by atoms with E-state index in [0.717, 1.165) is 17.0 Å². The van der Waals surface area contributed by atoms with E-state index in [1.54, 1.807) is 30.3 Å². The third kappa shape index (κ3) is 5.95. The van der Waals surface area contributed by atoms with Gasteiger partial charge in [0, 0.05) is 11.4 Å². The lowest BCUT2D eigenvalue weighted by atomic mass is 10.1. The average Bonchev–Trinajstić information content (AvgIpc) is 2.68. The number of carbonyl (C=O) groups is 2. The molecule has 0 atom stereocenters. The number of halogens is 3. The Morgan fingerprint density at radius 1 is 1.00 bits per heavy atom. The van der Waals surface area contributed by atoms with Gasteiger partial charge in [0.15, 0.2) is 6.54 Å². The minimum atomic E-state index is -4.37. The van der Waals surface area contributed by atoms with Gasteiger partial charge >= 0.3 is 12.2 Å². The highest BCUT2D eigenvalue weighted by molar-refractivity contribution is 6.01. The molecule has 3 rings (SSSR count). The molecule has 29 heavy (non-hydrogen) atoms. The maximum absolute atomic E-state index is 12.9. The number of anilines is 2. The molecule has 1 aliphatic heterocycles. The Labute approximate surface area is 166 Å². The SMILES string of the molecule is O=C(C[NH+]1CCN(c2cccc(C(F)(F)F)c2)CC1)NC(=O)Nc1ccccc1. The van der Waals surface area contributed by atoms with Crippen molar-refractivity contribution in [3.63, 3.8) is 0 Å². The van der Waals surface area contributed by atoms with Crippen LogP contribution < -0.4 is 20.4 Å². The van der Waals surface area contributed by atoms with Gasteiger partial charge in [-0.2, -0.15) is 13.2 Å². The van der Waals surface area contributed by atoms with Crippen LogP contribution in [0.25, 0.3) is 0 Å². The lowest BCUT2D eigenvalue weighted by Gasteiger charge is -2.33. The number of nitrogens with zero attached hydrogens (tertiary/aromatic N) is 1. The molecule has 0 spiro atoms. The van der Waals surface area contributed by atoms with Crippen molar-refractivity contribution in [3.8, 4) is 0 Å². The van der Waals surface area contributed by atoms with Gasteiger partial charge in [0.1, 0.15) is 0 Å². The second kappa shape index (κ2) is 8.95. The van der Waals surface area contributed by atoms with Gasteiger partial charge in [0.2, 0.25) is 0 Å². The molecule has 0 aromatic heterocycles. The first-order valence-corrected chi connectivity index (χ1v) is 9.23. The molecule has 0 radical (unpaired) electrons. The molecule has 2 aromatic rings. The van der Waals surface area contributed by atoms with Gasteiger partial charge in [0.05, 0.1) is 31.7 Å². The van der Waals surface area contributed by atoms with Crippen molar-refractivity contribution in [1.29, 1.82) is 0 Å². The Kier molecular flexibility index (Phi) is 6.38. The van der Waals surface area contributed by atoms with Crippen LogP contribution in [0.4, 0.5) is 29.3 Å². The monoisotopic (exact) mass is 407 g/mol. The first-order valence-electron chi connectivity index (χ1n) is 9.23. The van der Waals surface area contributed by atoms with Crippen LogP contribution in [-0.2, 0) is 11.0 Å². The van der Waals surface area contributed by atoms with E-state index in [1.807, 2.05) is 11.0 Å². The van der Waals surface area contributed by atoms with E-state index in [1.165, 1.54) is 6.07 Å². The van der Waals surface area contributed by atoms with Crippen LogP contribution in [-0.4, -0.2) is 44.7 Å². The van der Waals surface area contributed by atoms with Gasteiger partial charge in [-0.3, -0.25) is 10.1 Å². The Balaban J connectivity index is 1.46. The highest BCUT2D eigenvalue weighted by atomic mass is 19.4. The van der Waals surface area contributed by atoms with Crippen LogP contribution in [0.3, 0.4) is 0 Å². The Morgan fingerprint density at radius 2 is 1.69 bits per heavy atom. The summed E-state index contributed by atoms with van der Waals surface area (Å²) in [5.41, 5.74) is 0.430. The van der Waals surface area contributed by atoms with Crippen LogP contribution in [0.2, 0.25) is 0 Å². The number of hydrogen-bond acceptors (Lipinski definition) is 3. The van der Waals surface area contributed by atoms with Gasteiger partial charge in [-0.15, -0.1) is 0 Å². The van der Waals surface area contributed by atoms with Gasteiger partial charge in [-0.25, -0.2) is 4.79 Å². The first-order chi connectivity index (χ1) is 13.8. The van der Waals surface area contributed by atoms with Crippen molar-refractivity contribution in [1.82, 2.24) is 5.32 Å². The molecular formula is C20H22F3N4O2+. The van der Waals surface area contributed by atoms with Crippen LogP contribution in [0.1, 0.15) is 5.56 Å². The minimum absolute atomic E-state index is 0.124. The molecule has 3 amide bonds. The molecule has 1 heterocycles. The second-order valence-electron chi connectivity index (χ2n) is 6.83. The third-order valence-electron chi connectivity index (χ3n) is 4.70. The van der Waals surface area contributed by atoms with Gasteiger partial charge < -0.3 is 15.1 Å². The minimum Gasteiger partial charge on any atom is -0.360 e. The number of carbonyl (C=O) groups excluding carboxylic acids is 2. The number of nitrogens with one attached hydrogen (secondary N) is 3. The van der Waals surface area contributed by atoms with E-state index >= 15 is 0 Å². The third-order valence-corrected chi connectivity index (χ3v) is 4.70. The van der Waals surface area contributed by atoms with Crippen molar-refractivity contribution in [3.05, 3.63) is 60.2 Å². The fourth-order valence-corrected chi connectivity index (χ4v) is 3.22. The van der Waals surface area contributed by atoms with Crippen molar-refractivity contribution in [2.45, 2.75) is 6.18 Å². The van der Waals surface area contributed by atoms with Crippen molar-refractivity contribution in [2.24, 2.45) is 0 Å². The summed E-state index contributed by atoms with van der Waals surface area (Å²) < 4.78 is 38.6. The predicted molar refractivity (Wildman–Crippen MR) is 103 cm³/mol. The molecule has 0 bridgehead atoms. The Hall–Kier alpha value is -3.07. The summed E-state index contributed by atoms with van der Waals surface area (Å²) in [6.07, 6.45) is -4.37. The number of piperazine rings is 1. The average molecular weight is 407 g/mol. The number of amides is 3. The number of para-hydroxylation sites is 1. The number of imide groups is 1. The number of hydrogen-bond donors (Lipinski definition) is 3. The molecule has 1 saturated heterocycles. The Bertz CT molecular complexity index is 850. The summed E-state index contributed by atoms with van der Waals surface area (Å²) >= 11 is 0. The van der Waals surface area contributed by atoms with Crippen molar-refractivity contribution >= 4 is 23.3 Å².